The summed E-state index contributed by atoms with van der Waals surface area (Å²) in [6, 6.07) is 8.98. The van der Waals surface area contributed by atoms with Gasteiger partial charge in [-0.2, -0.15) is 6.20 Å². The Labute approximate surface area is 133 Å². The van der Waals surface area contributed by atoms with Crippen molar-refractivity contribution in [2.24, 2.45) is 0 Å². The molecule has 0 saturated heterocycles. The van der Waals surface area contributed by atoms with Crippen molar-refractivity contribution in [3.8, 4) is 0 Å². The van der Waals surface area contributed by atoms with E-state index in [1.165, 1.54) is 0 Å². The Balaban J connectivity index is 0. The van der Waals surface area contributed by atoms with Crippen LogP contribution in [-0.2, 0) is 20.1 Å². The van der Waals surface area contributed by atoms with Gasteiger partial charge in [0.15, 0.2) is 5.78 Å². The van der Waals surface area contributed by atoms with Crippen molar-refractivity contribution >= 4 is 17.9 Å². The predicted molar refractivity (Wildman–Crippen MR) is 81.5 cm³/mol. The first kappa shape index (κ1) is 20.6. The van der Waals surface area contributed by atoms with E-state index in [0.717, 1.165) is 11.1 Å². The molecule has 0 amide bonds. The van der Waals surface area contributed by atoms with E-state index in [-0.39, 0.29) is 39.5 Å². The number of rotatable bonds is 4. The third-order valence-corrected chi connectivity index (χ3v) is 2.50. The molecule has 0 aliphatic carbocycles. The maximum absolute atomic E-state index is 12.1. The minimum atomic E-state index is -0.0817. The minimum Gasteiger partial charge on any atom is -0.693 e. The van der Waals surface area contributed by atoms with Crippen LogP contribution in [0.4, 0.5) is 0 Å². The van der Waals surface area contributed by atoms with Gasteiger partial charge in [0.25, 0.3) is 0 Å². The van der Waals surface area contributed by atoms with Crippen LogP contribution < -0.4 is 4.98 Å². The van der Waals surface area contributed by atoms with E-state index in [0.29, 0.717) is 11.3 Å². The first-order valence-electron chi connectivity index (χ1n) is 5.27. The smallest absolute Gasteiger partial charge is 0.693 e. The fourth-order valence-electron chi connectivity index (χ4n) is 1.63. The number of hydrogen-bond acceptors (Lipinski definition) is 1. The number of ketones is 1. The molecule has 20 heavy (non-hydrogen) atoms. The van der Waals surface area contributed by atoms with E-state index < -0.39 is 0 Å². The van der Waals surface area contributed by atoms with Crippen molar-refractivity contribution in [2.45, 2.75) is 0 Å². The molecule has 2 aromatic rings. The van der Waals surface area contributed by atoms with Crippen molar-refractivity contribution < 1.29 is 24.9 Å². The molecule has 0 spiro atoms. The molecule has 1 heterocycles. The zero-order valence-electron chi connectivity index (χ0n) is 11.3. The van der Waals surface area contributed by atoms with E-state index in [2.05, 4.69) is 18.1 Å². The Morgan fingerprint density at radius 3 is 2.05 bits per heavy atom. The number of carbonyl (C=O) groups excluding carboxylic acids is 1. The summed E-state index contributed by atoms with van der Waals surface area (Å²) in [6.45, 7) is 7.42. The summed E-state index contributed by atoms with van der Waals surface area (Å²) in [5.41, 5.74) is 2.87. The Hall–Kier alpha value is -1.74. The molecule has 0 aliphatic heterocycles. The average molecular weight is 446 g/mol. The minimum absolute atomic E-state index is 0. The molecular weight excluding hydrogens is 428 g/mol. The SMILES string of the molecule is C=Cc1cc(C=C)cc(C(=O)c2ccc[n-]2)c1.[CH3-].[Ir+3].[NH2-]. The second-order valence-corrected chi connectivity index (χ2v) is 3.65. The van der Waals surface area contributed by atoms with Crippen molar-refractivity contribution in [1.82, 2.24) is 4.98 Å². The normalized spacial score (nSPS) is 8.40. The maximum atomic E-state index is 12.1. The van der Waals surface area contributed by atoms with E-state index in [1.54, 1.807) is 42.6 Å². The standard InChI is InChI=1S/C15H13NO.CH3.Ir.H2N/c1-3-11-8-12(4-2)10-13(9-11)15(17)14-6-5-7-16-14;;;/h3-10H,1-2H2,(H,16,17);1H3;;1H2/q;-1;+3;-1/p-1. The Bertz CT molecular complexity index is 548. The van der Waals surface area contributed by atoms with Crippen LogP contribution in [0, 0.1) is 7.43 Å². The summed E-state index contributed by atoms with van der Waals surface area (Å²) in [5, 5.41) is 0. The predicted octanol–water partition coefficient (Wildman–Crippen LogP) is 4.33. The Kier molecular flexibility index (Phi) is 9.47. The summed E-state index contributed by atoms with van der Waals surface area (Å²) in [5.74, 6) is -0.0817. The van der Waals surface area contributed by atoms with E-state index in [1.807, 2.05) is 6.07 Å². The number of benzene rings is 1. The summed E-state index contributed by atoms with van der Waals surface area (Å²) in [4.78, 5) is 16.1. The van der Waals surface area contributed by atoms with Crippen molar-refractivity contribution in [3.05, 3.63) is 85.6 Å². The monoisotopic (exact) mass is 446 g/mol. The molecule has 0 bridgehead atoms. The van der Waals surface area contributed by atoms with Gasteiger partial charge in [-0.15, -0.1) is 0 Å². The Morgan fingerprint density at radius 1 is 1.10 bits per heavy atom. The average Bonchev–Trinajstić information content (AvgIpc) is 2.91. The van der Waals surface area contributed by atoms with Crippen molar-refractivity contribution in [1.29, 1.82) is 0 Å². The molecule has 3 nitrogen and oxygen atoms in total. The fraction of sp³-hybridized carbons (Fsp3) is 0. The zero-order chi connectivity index (χ0) is 12.3. The Morgan fingerprint density at radius 2 is 1.65 bits per heavy atom. The molecule has 0 atom stereocenters. The van der Waals surface area contributed by atoms with Crippen LogP contribution in [0.25, 0.3) is 18.3 Å². The zero-order valence-corrected chi connectivity index (χ0v) is 13.7. The van der Waals surface area contributed by atoms with E-state index in [9.17, 15) is 4.79 Å². The summed E-state index contributed by atoms with van der Waals surface area (Å²) >= 11 is 0. The van der Waals surface area contributed by atoms with Crippen LogP contribution >= 0.6 is 0 Å². The van der Waals surface area contributed by atoms with Crippen LogP contribution in [0.2, 0.25) is 0 Å². The number of nitrogens with zero attached hydrogens (tertiary/aromatic N) is 1. The van der Waals surface area contributed by atoms with Gasteiger partial charge in [-0.05, 0) is 29.3 Å². The van der Waals surface area contributed by atoms with Gasteiger partial charge in [0.2, 0.25) is 0 Å². The van der Waals surface area contributed by atoms with E-state index in [4.69, 9.17) is 0 Å². The molecule has 0 fully saturated rings. The molecule has 106 valence electrons. The molecule has 0 saturated carbocycles. The maximum Gasteiger partial charge on any atom is 3.00 e. The fourth-order valence-corrected chi connectivity index (χ4v) is 1.63. The number of aromatic nitrogens is 1. The molecule has 0 radical (unpaired) electrons. The first-order valence-corrected chi connectivity index (χ1v) is 5.27. The van der Waals surface area contributed by atoms with Crippen molar-refractivity contribution in [3.63, 3.8) is 0 Å². The van der Waals surface area contributed by atoms with Crippen LogP contribution in [-0.4, -0.2) is 5.78 Å². The molecule has 0 unspecified atom stereocenters. The number of carbonyl (C=O) groups is 1. The molecule has 2 rings (SSSR count). The van der Waals surface area contributed by atoms with Crippen LogP contribution in [0.1, 0.15) is 27.2 Å². The summed E-state index contributed by atoms with van der Waals surface area (Å²) in [7, 11) is 0. The molecule has 1 aromatic heterocycles. The van der Waals surface area contributed by atoms with Gasteiger partial charge in [-0.1, -0.05) is 43.1 Å². The second-order valence-electron chi connectivity index (χ2n) is 3.65. The van der Waals surface area contributed by atoms with Gasteiger partial charge >= 0.3 is 20.1 Å². The quantitative estimate of drug-likeness (QED) is 0.520. The molecule has 1 aromatic carbocycles. The van der Waals surface area contributed by atoms with Crippen molar-refractivity contribution in [2.75, 3.05) is 0 Å². The van der Waals surface area contributed by atoms with Gasteiger partial charge in [0.1, 0.15) is 0 Å². The van der Waals surface area contributed by atoms with E-state index >= 15 is 0 Å². The topological polar surface area (TPSA) is 64.7 Å². The molecule has 2 N–H and O–H groups in total. The largest absolute Gasteiger partial charge is 3.00 e. The number of nitrogens with two attached hydrogens (primary N) is 1. The van der Waals surface area contributed by atoms with Crippen LogP contribution in [0.3, 0.4) is 0 Å². The van der Waals surface area contributed by atoms with Gasteiger partial charge < -0.3 is 18.6 Å². The van der Waals surface area contributed by atoms with Crippen LogP contribution in [0.5, 0.6) is 0 Å². The molecule has 4 heteroatoms. The second kappa shape index (κ2) is 9.21. The summed E-state index contributed by atoms with van der Waals surface area (Å²) in [6.07, 6.45) is 5.03. The molecule has 0 aliphatic rings. The van der Waals surface area contributed by atoms with Gasteiger partial charge in [0, 0.05) is 5.56 Å². The van der Waals surface area contributed by atoms with Gasteiger partial charge in [-0.3, -0.25) is 4.79 Å². The third kappa shape index (κ3) is 4.42. The molecular formula is C16H17IrN2O. The third-order valence-electron chi connectivity index (χ3n) is 2.50. The van der Waals surface area contributed by atoms with Gasteiger partial charge in [-0.25, -0.2) is 0 Å². The number of hydrogen-bond donors (Lipinski definition) is 0. The van der Waals surface area contributed by atoms with Gasteiger partial charge in [0.05, 0.1) is 0 Å². The summed E-state index contributed by atoms with van der Waals surface area (Å²) < 4.78 is 0. The van der Waals surface area contributed by atoms with Crippen LogP contribution in [0.15, 0.2) is 49.7 Å². The first-order chi connectivity index (χ1) is 8.24.